The highest BCUT2D eigenvalue weighted by atomic mass is 127. The van der Waals surface area contributed by atoms with Gasteiger partial charge in [0.25, 0.3) is 0 Å². The number of aromatic nitrogens is 2. The fourth-order valence-electron chi connectivity index (χ4n) is 2.76. The number of rotatable bonds is 5. The van der Waals surface area contributed by atoms with Crippen LogP contribution in [-0.4, -0.2) is 35.0 Å². The molecule has 0 amide bonds. The minimum Gasteiger partial charge on any atom is -0.453 e. The Morgan fingerprint density at radius 3 is 2.88 bits per heavy atom. The van der Waals surface area contributed by atoms with Crippen LogP contribution < -0.4 is 10.1 Å². The predicted molar refractivity (Wildman–Crippen MR) is 101 cm³/mol. The number of hydrogen-bond acceptors (Lipinski definition) is 7. The van der Waals surface area contributed by atoms with Crippen LogP contribution in [0.4, 0.5) is 10.6 Å². The highest BCUT2D eigenvalue weighted by Crippen LogP contribution is 2.38. The van der Waals surface area contributed by atoms with Gasteiger partial charge in [0, 0.05) is 9.99 Å². The Kier molecular flexibility index (Phi) is 5.35. The second-order valence-electron chi connectivity index (χ2n) is 5.95. The number of carbonyl (C=O) groups is 2. The monoisotopic (exact) mass is 471 g/mol. The summed E-state index contributed by atoms with van der Waals surface area (Å²) in [6.07, 6.45) is 0.914. The maximum Gasteiger partial charge on any atom is 0.514 e. The molecule has 0 radical (unpaired) electrons. The van der Waals surface area contributed by atoms with E-state index in [0.717, 1.165) is 9.13 Å². The molecule has 1 aromatic heterocycles. The molecular formula is C17H18IN3O5. The molecule has 0 bridgehead atoms. The van der Waals surface area contributed by atoms with Crippen molar-refractivity contribution in [2.75, 3.05) is 11.9 Å². The van der Waals surface area contributed by atoms with Gasteiger partial charge in [-0.1, -0.05) is 12.1 Å². The van der Waals surface area contributed by atoms with E-state index in [2.05, 4.69) is 38.1 Å². The van der Waals surface area contributed by atoms with Gasteiger partial charge in [0.2, 0.25) is 0 Å². The van der Waals surface area contributed by atoms with Crippen LogP contribution in [0.1, 0.15) is 25.8 Å². The van der Waals surface area contributed by atoms with Crippen molar-refractivity contribution in [1.82, 2.24) is 10.2 Å². The first-order valence-corrected chi connectivity index (χ1v) is 9.12. The van der Waals surface area contributed by atoms with Crippen LogP contribution in [0.5, 0.6) is 5.75 Å². The van der Waals surface area contributed by atoms with Crippen molar-refractivity contribution in [1.29, 1.82) is 0 Å². The molecule has 2 heterocycles. The molecule has 1 aliphatic heterocycles. The van der Waals surface area contributed by atoms with Gasteiger partial charge >= 0.3 is 12.1 Å². The molecule has 1 aromatic carbocycles. The number of cyclic esters (lactones) is 1. The summed E-state index contributed by atoms with van der Waals surface area (Å²) in [5.41, 5.74) is 0.185. The number of halogens is 1. The van der Waals surface area contributed by atoms with Crippen molar-refractivity contribution in [3.8, 4) is 5.75 Å². The van der Waals surface area contributed by atoms with E-state index in [9.17, 15) is 9.59 Å². The summed E-state index contributed by atoms with van der Waals surface area (Å²) in [6, 6.07) is 7.22. The molecule has 0 aliphatic carbocycles. The molecular weight excluding hydrogens is 453 g/mol. The summed E-state index contributed by atoms with van der Waals surface area (Å²) in [4.78, 5) is 23.8. The molecule has 1 saturated heterocycles. The Bertz CT molecular complexity index is 807. The average Bonchev–Trinajstić information content (AvgIpc) is 3.13. The molecule has 0 saturated carbocycles. The van der Waals surface area contributed by atoms with Gasteiger partial charge in [-0.05, 0) is 54.1 Å². The Morgan fingerprint density at radius 2 is 2.19 bits per heavy atom. The molecule has 3 rings (SSSR count). The Morgan fingerprint density at radius 1 is 1.46 bits per heavy atom. The molecule has 0 spiro atoms. The third kappa shape index (κ3) is 3.92. The second-order valence-corrected chi connectivity index (χ2v) is 7.20. The SMILES string of the molecule is CCOC(=O)Oc1cn[nH]c1NC1CC(C)(c2ccc(I)cc2)OC1=O. The van der Waals surface area contributed by atoms with Crippen molar-refractivity contribution in [2.24, 2.45) is 0 Å². The number of anilines is 1. The third-order valence-electron chi connectivity index (χ3n) is 4.04. The van der Waals surface area contributed by atoms with Gasteiger partial charge in [-0.15, -0.1) is 0 Å². The van der Waals surface area contributed by atoms with Gasteiger partial charge in [0.05, 0.1) is 12.8 Å². The Hall–Kier alpha value is -2.30. The standard InChI is InChI=1S/C17H18IN3O5/c1-3-24-16(23)25-13-9-19-21-14(13)20-12-8-17(2,26-15(12)22)10-4-6-11(18)7-5-10/h4-7,9,12H,3,8H2,1-2H3,(H2,19,20,21). The van der Waals surface area contributed by atoms with Crippen molar-refractivity contribution >= 4 is 40.5 Å². The van der Waals surface area contributed by atoms with Crippen molar-refractivity contribution in [3.63, 3.8) is 0 Å². The van der Waals surface area contributed by atoms with Crippen LogP contribution in [0.25, 0.3) is 0 Å². The van der Waals surface area contributed by atoms with E-state index in [1.807, 2.05) is 31.2 Å². The fourth-order valence-corrected chi connectivity index (χ4v) is 3.12. The van der Waals surface area contributed by atoms with E-state index in [4.69, 9.17) is 14.2 Å². The zero-order valence-electron chi connectivity index (χ0n) is 14.2. The van der Waals surface area contributed by atoms with E-state index in [1.54, 1.807) is 6.92 Å². The molecule has 2 atom stereocenters. The van der Waals surface area contributed by atoms with Gasteiger partial charge in [-0.25, -0.2) is 9.59 Å². The first-order chi connectivity index (χ1) is 12.4. The van der Waals surface area contributed by atoms with Crippen LogP contribution >= 0.6 is 22.6 Å². The summed E-state index contributed by atoms with van der Waals surface area (Å²) < 4.78 is 16.5. The number of nitrogens with zero attached hydrogens (tertiary/aromatic N) is 1. The van der Waals surface area contributed by atoms with E-state index in [-0.39, 0.29) is 18.3 Å². The molecule has 2 aromatic rings. The summed E-state index contributed by atoms with van der Waals surface area (Å²) in [7, 11) is 0. The minimum absolute atomic E-state index is 0.152. The lowest BCUT2D eigenvalue weighted by atomic mass is 9.91. The second kappa shape index (κ2) is 7.52. The van der Waals surface area contributed by atoms with Crippen molar-refractivity contribution in [2.45, 2.75) is 31.9 Å². The van der Waals surface area contributed by atoms with Crippen LogP contribution in [0.3, 0.4) is 0 Å². The Labute approximate surface area is 163 Å². The third-order valence-corrected chi connectivity index (χ3v) is 4.76. The van der Waals surface area contributed by atoms with E-state index in [0.29, 0.717) is 12.2 Å². The summed E-state index contributed by atoms with van der Waals surface area (Å²) in [5.74, 6) is 0.0775. The first-order valence-electron chi connectivity index (χ1n) is 8.04. The van der Waals surface area contributed by atoms with E-state index in [1.165, 1.54) is 6.20 Å². The number of aromatic amines is 1. The van der Waals surface area contributed by atoms with Crippen LogP contribution in [-0.2, 0) is 19.9 Å². The Balaban J connectivity index is 1.72. The average molecular weight is 471 g/mol. The molecule has 1 aliphatic rings. The lowest BCUT2D eigenvalue weighted by Gasteiger charge is -2.23. The number of nitrogens with one attached hydrogen (secondary N) is 2. The normalized spacial score (nSPS) is 22.0. The molecule has 2 N–H and O–H groups in total. The molecule has 1 fully saturated rings. The smallest absolute Gasteiger partial charge is 0.453 e. The lowest BCUT2D eigenvalue weighted by Crippen LogP contribution is -2.25. The van der Waals surface area contributed by atoms with E-state index < -0.39 is 17.8 Å². The molecule has 8 nitrogen and oxygen atoms in total. The summed E-state index contributed by atoms with van der Waals surface area (Å²) in [5, 5.41) is 9.50. The largest absolute Gasteiger partial charge is 0.514 e. The van der Waals surface area contributed by atoms with Gasteiger partial charge in [0.15, 0.2) is 11.6 Å². The number of esters is 1. The minimum atomic E-state index is -0.838. The number of benzene rings is 1. The van der Waals surface area contributed by atoms with Gasteiger partial charge in [-0.3, -0.25) is 5.10 Å². The van der Waals surface area contributed by atoms with E-state index >= 15 is 0 Å². The van der Waals surface area contributed by atoms with Crippen LogP contribution in [0, 0.1) is 3.57 Å². The zero-order chi connectivity index (χ0) is 18.7. The van der Waals surface area contributed by atoms with Crippen LogP contribution in [0.2, 0.25) is 0 Å². The van der Waals surface area contributed by atoms with Gasteiger partial charge < -0.3 is 19.5 Å². The first kappa shape index (κ1) is 18.5. The van der Waals surface area contributed by atoms with Crippen LogP contribution in [0.15, 0.2) is 30.5 Å². The predicted octanol–water partition coefficient (Wildman–Crippen LogP) is 3.19. The number of hydrogen-bond donors (Lipinski definition) is 2. The van der Waals surface area contributed by atoms with Crippen molar-refractivity contribution < 1.29 is 23.8 Å². The maximum absolute atomic E-state index is 12.3. The lowest BCUT2D eigenvalue weighted by molar-refractivity contribution is -0.148. The zero-order valence-corrected chi connectivity index (χ0v) is 16.4. The molecule has 9 heteroatoms. The number of ether oxygens (including phenoxy) is 3. The summed E-state index contributed by atoms with van der Waals surface area (Å²) >= 11 is 2.22. The van der Waals surface area contributed by atoms with Gasteiger partial charge in [-0.2, -0.15) is 5.10 Å². The summed E-state index contributed by atoms with van der Waals surface area (Å²) in [6.45, 7) is 3.75. The highest BCUT2D eigenvalue weighted by molar-refractivity contribution is 14.1. The molecule has 26 heavy (non-hydrogen) atoms. The number of H-pyrrole nitrogens is 1. The highest BCUT2D eigenvalue weighted by Gasteiger charge is 2.45. The number of carbonyl (C=O) groups excluding carboxylic acids is 2. The maximum atomic E-state index is 12.3. The fraction of sp³-hybridized carbons (Fsp3) is 0.353. The quantitative estimate of drug-likeness (QED) is 0.510. The topological polar surface area (TPSA) is 103 Å². The molecule has 138 valence electrons. The molecule has 2 unspecified atom stereocenters. The van der Waals surface area contributed by atoms with Gasteiger partial charge in [0.1, 0.15) is 11.6 Å². The van der Waals surface area contributed by atoms with Crippen molar-refractivity contribution in [3.05, 3.63) is 39.6 Å².